The molecular formula is C8H17N5O. The van der Waals surface area contributed by atoms with Gasteiger partial charge in [0.05, 0.1) is 6.54 Å². The lowest BCUT2D eigenvalue weighted by molar-refractivity contribution is -0.119. The fourth-order valence-electron chi connectivity index (χ4n) is 1.01. The second-order valence-corrected chi connectivity index (χ2v) is 2.92. The Hall–Kier alpha value is -1.26. The molecule has 6 nitrogen and oxygen atoms in total. The number of nitrogens with zero attached hydrogens (tertiary/aromatic N) is 3. The molecule has 0 radical (unpaired) electrons. The number of carbonyl (C=O) groups excluding carboxylic acids is 1. The molecule has 0 aliphatic heterocycles. The number of nitrogens with one attached hydrogen (secondary N) is 1. The van der Waals surface area contributed by atoms with E-state index in [0.717, 1.165) is 25.7 Å². The highest BCUT2D eigenvalue weighted by atomic mass is 16.1. The fourth-order valence-corrected chi connectivity index (χ4v) is 1.01. The van der Waals surface area contributed by atoms with Crippen LogP contribution in [0.15, 0.2) is 5.11 Å². The van der Waals surface area contributed by atoms with Gasteiger partial charge in [-0.1, -0.05) is 18.0 Å². The van der Waals surface area contributed by atoms with Gasteiger partial charge in [0, 0.05) is 18.0 Å². The van der Waals surface area contributed by atoms with Gasteiger partial charge in [0.25, 0.3) is 0 Å². The highest BCUT2D eigenvalue weighted by Gasteiger charge is 1.94. The highest BCUT2D eigenvalue weighted by molar-refractivity contribution is 5.77. The molecule has 0 saturated heterocycles. The summed E-state index contributed by atoms with van der Waals surface area (Å²) < 4.78 is 0. The molecule has 6 heteroatoms. The van der Waals surface area contributed by atoms with Gasteiger partial charge >= 0.3 is 0 Å². The van der Waals surface area contributed by atoms with Gasteiger partial charge in [0.2, 0.25) is 5.91 Å². The van der Waals surface area contributed by atoms with Crippen molar-refractivity contribution < 1.29 is 4.79 Å². The standard InChI is InChI=1S/C8H17N5O/c9-7-8(14)11-5-3-1-2-4-6-12-13-10/h1-7,9H2,(H,11,14). The average Bonchev–Trinajstić information content (AvgIpc) is 2.21. The molecule has 0 bridgehead atoms. The average molecular weight is 199 g/mol. The lowest BCUT2D eigenvalue weighted by Crippen LogP contribution is -2.30. The number of amides is 1. The maximum atomic E-state index is 10.7. The van der Waals surface area contributed by atoms with Crippen LogP contribution < -0.4 is 11.1 Å². The van der Waals surface area contributed by atoms with Crippen molar-refractivity contribution in [2.45, 2.75) is 25.7 Å². The Balaban J connectivity index is 3.06. The predicted molar refractivity (Wildman–Crippen MR) is 54.5 cm³/mol. The van der Waals surface area contributed by atoms with E-state index in [1.54, 1.807) is 0 Å². The molecule has 0 unspecified atom stereocenters. The lowest BCUT2D eigenvalue weighted by Gasteiger charge is -2.02. The Morgan fingerprint density at radius 2 is 2.07 bits per heavy atom. The molecule has 0 rings (SSSR count). The van der Waals surface area contributed by atoms with Crippen LogP contribution in [0.25, 0.3) is 10.4 Å². The molecule has 0 spiro atoms. The summed E-state index contributed by atoms with van der Waals surface area (Å²) in [6.07, 6.45) is 3.92. The molecule has 80 valence electrons. The third-order valence-electron chi connectivity index (χ3n) is 1.76. The molecule has 0 aromatic carbocycles. The second-order valence-electron chi connectivity index (χ2n) is 2.92. The highest BCUT2D eigenvalue weighted by Crippen LogP contribution is 1.98. The van der Waals surface area contributed by atoms with Crippen LogP contribution in [0.2, 0.25) is 0 Å². The van der Waals surface area contributed by atoms with Crippen LogP contribution in [0, 0.1) is 0 Å². The van der Waals surface area contributed by atoms with E-state index in [-0.39, 0.29) is 12.5 Å². The van der Waals surface area contributed by atoms with Crippen molar-refractivity contribution in [1.82, 2.24) is 5.32 Å². The van der Waals surface area contributed by atoms with E-state index in [1.165, 1.54) is 0 Å². The molecule has 0 aromatic heterocycles. The van der Waals surface area contributed by atoms with Crippen molar-refractivity contribution in [3.8, 4) is 0 Å². The molecule has 0 heterocycles. The van der Waals surface area contributed by atoms with Crippen molar-refractivity contribution in [1.29, 1.82) is 0 Å². The van der Waals surface area contributed by atoms with Gasteiger partial charge in [-0.15, -0.1) is 0 Å². The fraction of sp³-hybridized carbons (Fsp3) is 0.875. The molecule has 0 aromatic rings. The van der Waals surface area contributed by atoms with Crippen LogP contribution in [0.1, 0.15) is 25.7 Å². The summed E-state index contributed by atoms with van der Waals surface area (Å²) in [6.45, 7) is 1.29. The first-order valence-electron chi connectivity index (χ1n) is 4.79. The van der Waals surface area contributed by atoms with Crippen molar-refractivity contribution in [2.24, 2.45) is 10.8 Å². The van der Waals surface area contributed by atoms with Crippen LogP contribution in [0.4, 0.5) is 0 Å². The van der Waals surface area contributed by atoms with Gasteiger partial charge < -0.3 is 11.1 Å². The minimum absolute atomic E-state index is 0.0525. The third kappa shape index (κ3) is 8.83. The van der Waals surface area contributed by atoms with Crippen LogP contribution >= 0.6 is 0 Å². The Labute approximate surface area is 83.5 Å². The van der Waals surface area contributed by atoms with Crippen LogP contribution in [-0.2, 0) is 4.79 Å². The van der Waals surface area contributed by atoms with Gasteiger partial charge in [-0.3, -0.25) is 4.79 Å². The summed E-state index contributed by atoms with van der Waals surface area (Å²) in [5.41, 5.74) is 13.1. The van der Waals surface area contributed by atoms with E-state index < -0.39 is 0 Å². The number of nitrogens with two attached hydrogens (primary N) is 1. The van der Waals surface area contributed by atoms with E-state index in [4.69, 9.17) is 11.3 Å². The van der Waals surface area contributed by atoms with Gasteiger partial charge in [0.1, 0.15) is 0 Å². The first kappa shape index (κ1) is 12.7. The van der Waals surface area contributed by atoms with E-state index in [0.29, 0.717) is 13.1 Å². The van der Waals surface area contributed by atoms with Crippen LogP contribution in [-0.4, -0.2) is 25.5 Å². The Morgan fingerprint density at radius 3 is 2.71 bits per heavy atom. The largest absolute Gasteiger partial charge is 0.355 e. The molecule has 3 N–H and O–H groups in total. The van der Waals surface area contributed by atoms with E-state index in [2.05, 4.69) is 15.3 Å². The zero-order valence-corrected chi connectivity index (χ0v) is 8.28. The second kappa shape index (κ2) is 9.83. The van der Waals surface area contributed by atoms with Crippen molar-refractivity contribution >= 4 is 5.91 Å². The first-order chi connectivity index (χ1) is 6.81. The number of unbranched alkanes of at least 4 members (excludes halogenated alkanes) is 3. The van der Waals surface area contributed by atoms with E-state index >= 15 is 0 Å². The number of hydrogen-bond donors (Lipinski definition) is 2. The molecule has 0 aliphatic carbocycles. The number of azide groups is 1. The summed E-state index contributed by atoms with van der Waals surface area (Å²) in [5.74, 6) is -0.112. The third-order valence-corrected chi connectivity index (χ3v) is 1.76. The van der Waals surface area contributed by atoms with E-state index in [9.17, 15) is 4.79 Å². The van der Waals surface area contributed by atoms with Crippen molar-refractivity contribution in [3.05, 3.63) is 10.4 Å². The molecule has 0 fully saturated rings. The Kier molecular flexibility index (Phi) is 8.94. The smallest absolute Gasteiger partial charge is 0.233 e. The van der Waals surface area contributed by atoms with Gasteiger partial charge in [0.15, 0.2) is 0 Å². The molecule has 0 aliphatic rings. The first-order valence-corrected chi connectivity index (χ1v) is 4.79. The van der Waals surface area contributed by atoms with E-state index in [1.807, 2.05) is 0 Å². The predicted octanol–water partition coefficient (Wildman–Crippen LogP) is 0.932. The minimum atomic E-state index is -0.112. The van der Waals surface area contributed by atoms with Gasteiger partial charge in [-0.25, -0.2) is 0 Å². The monoisotopic (exact) mass is 199 g/mol. The summed E-state index contributed by atoms with van der Waals surface area (Å²) >= 11 is 0. The molecule has 0 atom stereocenters. The van der Waals surface area contributed by atoms with Crippen molar-refractivity contribution in [2.75, 3.05) is 19.6 Å². The lowest BCUT2D eigenvalue weighted by atomic mass is 10.2. The molecule has 14 heavy (non-hydrogen) atoms. The minimum Gasteiger partial charge on any atom is -0.355 e. The quantitative estimate of drug-likeness (QED) is 0.263. The maximum Gasteiger partial charge on any atom is 0.233 e. The topological polar surface area (TPSA) is 104 Å². The number of hydrogen-bond acceptors (Lipinski definition) is 3. The molecule has 0 saturated carbocycles. The Morgan fingerprint density at radius 1 is 1.36 bits per heavy atom. The van der Waals surface area contributed by atoms with Gasteiger partial charge in [-0.2, -0.15) is 0 Å². The van der Waals surface area contributed by atoms with Gasteiger partial charge in [-0.05, 0) is 18.4 Å². The van der Waals surface area contributed by atoms with Crippen LogP contribution in [0.3, 0.4) is 0 Å². The zero-order valence-electron chi connectivity index (χ0n) is 8.28. The summed E-state index contributed by atoms with van der Waals surface area (Å²) in [7, 11) is 0. The summed E-state index contributed by atoms with van der Waals surface area (Å²) in [4.78, 5) is 13.4. The van der Waals surface area contributed by atoms with Crippen molar-refractivity contribution in [3.63, 3.8) is 0 Å². The summed E-state index contributed by atoms with van der Waals surface area (Å²) in [5, 5.41) is 6.11. The SMILES string of the molecule is [N-]=[N+]=NCCCCCCNC(=O)CN. The number of carbonyl (C=O) groups is 1. The number of rotatable bonds is 8. The maximum absolute atomic E-state index is 10.7. The molecule has 1 amide bonds. The summed E-state index contributed by atoms with van der Waals surface area (Å²) in [6, 6.07) is 0. The zero-order chi connectivity index (χ0) is 10.6. The Bertz CT molecular complexity index is 200. The normalized spacial score (nSPS) is 9.21. The van der Waals surface area contributed by atoms with Crippen LogP contribution in [0.5, 0.6) is 0 Å². The molecular weight excluding hydrogens is 182 g/mol.